The number of hydrogen-bond acceptors (Lipinski definition) is 3. The minimum Gasteiger partial charge on any atom is -0.389 e. The van der Waals surface area contributed by atoms with E-state index in [-0.39, 0.29) is 12.5 Å². The Labute approximate surface area is 148 Å². The van der Waals surface area contributed by atoms with Gasteiger partial charge in [-0.15, -0.1) is 0 Å². The summed E-state index contributed by atoms with van der Waals surface area (Å²) in [6, 6.07) is 10.1. The van der Waals surface area contributed by atoms with Crippen molar-refractivity contribution in [1.82, 2.24) is 9.47 Å². The number of carbonyl (C=O) groups is 1. The van der Waals surface area contributed by atoms with Crippen LogP contribution in [0.1, 0.15) is 32.8 Å². The number of nitriles is 1. The molecule has 0 saturated heterocycles. The minimum atomic E-state index is -0.924. The van der Waals surface area contributed by atoms with E-state index in [1.807, 2.05) is 42.0 Å². The van der Waals surface area contributed by atoms with Crippen molar-refractivity contribution in [3.05, 3.63) is 42.1 Å². The maximum Gasteiger partial charge on any atom is 0.246 e. The Bertz CT molecular complexity index is 806. The van der Waals surface area contributed by atoms with Crippen LogP contribution >= 0.6 is 0 Å². The third kappa shape index (κ3) is 4.94. The van der Waals surface area contributed by atoms with Gasteiger partial charge in [0.15, 0.2) is 0 Å². The molecule has 1 aromatic carbocycles. The molecule has 0 unspecified atom stereocenters. The zero-order valence-electron chi connectivity index (χ0n) is 15.1. The molecule has 1 N–H and O–H groups in total. The van der Waals surface area contributed by atoms with Gasteiger partial charge in [0.05, 0.1) is 18.1 Å². The topological polar surface area (TPSA) is 69.3 Å². The number of likely N-dealkylation sites (N-methyl/N-ethyl adjacent to an activating group) is 1. The monoisotopic (exact) mass is 339 g/mol. The van der Waals surface area contributed by atoms with Gasteiger partial charge < -0.3 is 14.6 Å². The number of aryl methyl sites for hydroxylation is 1. The van der Waals surface area contributed by atoms with Crippen LogP contribution in [0.5, 0.6) is 0 Å². The molecule has 0 atom stereocenters. The SMILES string of the molecule is CCN(CC(C)(C)O)C(=O)C=Cc1cn(CCC#N)c2ccccc12. The molecule has 1 amide bonds. The van der Waals surface area contributed by atoms with E-state index in [4.69, 9.17) is 5.26 Å². The zero-order valence-corrected chi connectivity index (χ0v) is 15.1. The molecule has 0 aliphatic heterocycles. The van der Waals surface area contributed by atoms with Crippen molar-refractivity contribution in [2.24, 2.45) is 0 Å². The van der Waals surface area contributed by atoms with Gasteiger partial charge in [0.25, 0.3) is 0 Å². The van der Waals surface area contributed by atoms with Crippen molar-refractivity contribution in [2.75, 3.05) is 13.1 Å². The summed E-state index contributed by atoms with van der Waals surface area (Å²) in [4.78, 5) is 14.0. The molecule has 1 heterocycles. The number of nitrogens with zero attached hydrogens (tertiary/aromatic N) is 3. The fraction of sp³-hybridized carbons (Fsp3) is 0.400. The summed E-state index contributed by atoms with van der Waals surface area (Å²) in [5, 5.41) is 19.8. The summed E-state index contributed by atoms with van der Waals surface area (Å²) in [5.41, 5.74) is 1.07. The molecule has 2 aromatic rings. The van der Waals surface area contributed by atoms with Crippen LogP contribution in [0.4, 0.5) is 0 Å². The molecule has 1 aromatic heterocycles. The lowest BCUT2D eigenvalue weighted by atomic mass is 10.1. The Kier molecular flexibility index (Phi) is 6.00. The highest BCUT2D eigenvalue weighted by atomic mass is 16.3. The number of aliphatic hydroxyl groups is 1. The maximum atomic E-state index is 12.4. The van der Waals surface area contributed by atoms with Gasteiger partial charge in [-0.1, -0.05) is 18.2 Å². The lowest BCUT2D eigenvalue weighted by Crippen LogP contribution is -2.41. The van der Waals surface area contributed by atoms with E-state index in [2.05, 4.69) is 6.07 Å². The first-order chi connectivity index (χ1) is 11.9. The van der Waals surface area contributed by atoms with Crippen LogP contribution in [0.2, 0.25) is 0 Å². The molecule has 0 aliphatic carbocycles. The van der Waals surface area contributed by atoms with E-state index < -0.39 is 5.60 Å². The Balaban J connectivity index is 2.25. The summed E-state index contributed by atoms with van der Waals surface area (Å²) in [5.74, 6) is -0.126. The van der Waals surface area contributed by atoms with Crippen LogP contribution in [-0.2, 0) is 11.3 Å². The fourth-order valence-electron chi connectivity index (χ4n) is 2.84. The second-order valence-electron chi connectivity index (χ2n) is 6.70. The number of aromatic nitrogens is 1. The van der Waals surface area contributed by atoms with Crippen molar-refractivity contribution >= 4 is 22.9 Å². The second kappa shape index (κ2) is 8.00. The van der Waals surface area contributed by atoms with Crippen molar-refractivity contribution in [3.63, 3.8) is 0 Å². The fourth-order valence-corrected chi connectivity index (χ4v) is 2.84. The molecule has 5 nitrogen and oxygen atoms in total. The summed E-state index contributed by atoms with van der Waals surface area (Å²) >= 11 is 0. The average Bonchev–Trinajstić information content (AvgIpc) is 2.93. The quantitative estimate of drug-likeness (QED) is 0.788. The van der Waals surface area contributed by atoms with E-state index >= 15 is 0 Å². The average molecular weight is 339 g/mol. The predicted molar refractivity (Wildman–Crippen MR) is 99.8 cm³/mol. The van der Waals surface area contributed by atoms with Crippen LogP contribution in [0, 0.1) is 11.3 Å². The van der Waals surface area contributed by atoms with Gasteiger partial charge in [0.2, 0.25) is 5.91 Å². The normalized spacial score (nSPS) is 11.8. The number of rotatable bonds is 7. The van der Waals surface area contributed by atoms with E-state index in [1.165, 1.54) is 0 Å². The van der Waals surface area contributed by atoms with Crippen molar-refractivity contribution in [2.45, 2.75) is 39.3 Å². The maximum absolute atomic E-state index is 12.4. The molecule has 2 rings (SSSR count). The van der Waals surface area contributed by atoms with Gasteiger partial charge in [-0.3, -0.25) is 4.79 Å². The van der Waals surface area contributed by atoms with Gasteiger partial charge >= 0.3 is 0 Å². The number of benzene rings is 1. The van der Waals surface area contributed by atoms with Gasteiger partial charge in [0.1, 0.15) is 0 Å². The second-order valence-corrected chi connectivity index (χ2v) is 6.70. The van der Waals surface area contributed by atoms with Crippen LogP contribution in [0.25, 0.3) is 17.0 Å². The first-order valence-corrected chi connectivity index (χ1v) is 8.50. The summed E-state index contributed by atoms with van der Waals surface area (Å²) < 4.78 is 2.04. The molecule has 0 aliphatic rings. The third-order valence-electron chi connectivity index (χ3n) is 3.96. The van der Waals surface area contributed by atoms with Crippen LogP contribution in [0.15, 0.2) is 36.5 Å². The highest BCUT2D eigenvalue weighted by Crippen LogP contribution is 2.23. The summed E-state index contributed by atoms with van der Waals surface area (Å²) in [6.45, 7) is 6.72. The first-order valence-electron chi connectivity index (χ1n) is 8.50. The van der Waals surface area contributed by atoms with E-state index in [0.717, 1.165) is 16.5 Å². The minimum absolute atomic E-state index is 0.126. The number of fused-ring (bicyclic) bond motifs is 1. The van der Waals surface area contributed by atoms with Crippen LogP contribution < -0.4 is 0 Å². The third-order valence-corrected chi connectivity index (χ3v) is 3.96. The smallest absolute Gasteiger partial charge is 0.246 e. The Morgan fingerprint density at radius 2 is 2.12 bits per heavy atom. The van der Waals surface area contributed by atoms with Gasteiger partial charge in [-0.2, -0.15) is 5.26 Å². The highest BCUT2D eigenvalue weighted by molar-refractivity contribution is 5.96. The van der Waals surface area contributed by atoms with Crippen molar-refractivity contribution in [3.8, 4) is 6.07 Å². The lowest BCUT2D eigenvalue weighted by Gasteiger charge is -2.27. The van der Waals surface area contributed by atoms with E-state index in [1.54, 1.807) is 30.9 Å². The number of hydrogen-bond donors (Lipinski definition) is 1. The molecule has 0 spiro atoms. The number of para-hydroxylation sites is 1. The molecular formula is C20H25N3O2. The molecule has 5 heteroatoms. The van der Waals surface area contributed by atoms with Crippen molar-refractivity contribution in [1.29, 1.82) is 5.26 Å². The zero-order chi connectivity index (χ0) is 18.4. The number of carbonyl (C=O) groups excluding carboxylic acids is 1. The summed E-state index contributed by atoms with van der Waals surface area (Å²) in [6.07, 6.45) is 5.76. The van der Waals surface area contributed by atoms with Gasteiger partial charge in [-0.25, -0.2) is 0 Å². The molecule has 0 bridgehead atoms. The van der Waals surface area contributed by atoms with E-state index in [0.29, 0.717) is 19.5 Å². The van der Waals surface area contributed by atoms with Gasteiger partial charge in [-0.05, 0) is 32.9 Å². The Morgan fingerprint density at radius 1 is 1.40 bits per heavy atom. The largest absolute Gasteiger partial charge is 0.389 e. The molecular weight excluding hydrogens is 314 g/mol. The standard InChI is InChI=1S/C20H25N3O2/c1-4-22(15-20(2,3)25)19(24)11-10-16-14-23(13-7-12-21)18-9-6-5-8-17(16)18/h5-6,8-11,14,25H,4,7,13,15H2,1-3H3. The molecule has 132 valence electrons. The predicted octanol–water partition coefficient (Wildman–Crippen LogP) is 3.19. The Morgan fingerprint density at radius 3 is 2.76 bits per heavy atom. The molecule has 0 saturated carbocycles. The molecule has 25 heavy (non-hydrogen) atoms. The lowest BCUT2D eigenvalue weighted by molar-refractivity contribution is -0.128. The Hall–Kier alpha value is -2.58. The van der Waals surface area contributed by atoms with Gasteiger partial charge in [0, 0.05) is 48.4 Å². The van der Waals surface area contributed by atoms with Crippen molar-refractivity contribution < 1.29 is 9.90 Å². The highest BCUT2D eigenvalue weighted by Gasteiger charge is 2.19. The molecule has 0 radical (unpaired) electrons. The number of amides is 1. The van der Waals surface area contributed by atoms with Crippen LogP contribution in [-0.4, -0.2) is 39.2 Å². The van der Waals surface area contributed by atoms with Crippen LogP contribution in [0.3, 0.4) is 0 Å². The summed E-state index contributed by atoms with van der Waals surface area (Å²) in [7, 11) is 0. The first kappa shape index (κ1) is 18.8. The van der Waals surface area contributed by atoms with E-state index in [9.17, 15) is 9.90 Å². The molecule has 0 fully saturated rings.